The zero-order valence-electron chi connectivity index (χ0n) is 18.0. The second kappa shape index (κ2) is 9.06. The number of hydrogen-bond acceptors (Lipinski definition) is 7. The Morgan fingerprint density at radius 3 is 2.03 bits per heavy atom. The standard InChI is InChI=1S/C24H18F2N2O5S/c1-32-23(30)18-17(13-5-9-15(26)10-6-13)19(24(31)33-2)22-28(20(18)27)21(29)16(34-22)11-12-3-7-14(25)8-4-12/h3-11,17H,27H2,1-2H3. The fraction of sp³-hybridized carbons (Fsp3) is 0.125. The number of carbonyl (C=O) groups excluding carboxylic acids is 2. The zero-order chi connectivity index (χ0) is 24.6. The summed E-state index contributed by atoms with van der Waals surface area (Å²) < 4.78 is 38.2. The molecule has 7 nitrogen and oxygen atoms in total. The molecular weight excluding hydrogens is 466 g/mol. The van der Waals surface area contributed by atoms with Crippen molar-refractivity contribution in [1.82, 2.24) is 4.57 Å². The lowest BCUT2D eigenvalue weighted by Crippen LogP contribution is -2.41. The highest BCUT2D eigenvalue weighted by Gasteiger charge is 2.39. The van der Waals surface area contributed by atoms with Gasteiger partial charge in [0, 0.05) is 0 Å². The lowest BCUT2D eigenvalue weighted by atomic mass is 9.83. The number of halogens is 2. The predicted octanol–water partition coefficient (Wildman–Crippen LogP) is 1.44. The molecule has 2 N–H and O–H groups in total. The molecule has 0 fully saturated rings. The van der Waals surface area contributed by atoms with E-state index in [9.17, 15) is 23.2 Å². The van der Waals surface area contributed by atoms with Crippen LogP contribution in [-0.2, 0) is 19.1 Å². The van der Waals surface area contributed by atoms with Gasteiger partial charge in [0.1, 0.15) is 22.1 Å². The van der Waals surface area contributed by atoms with Gasteiger partial charge in [-0.25, -0.2) is 18.4 Å². The number of benzene rings is 2. The Labute approximate surface area is 195 Å². The van der Waals surface area contributed by atoms with Gasteiger partial charge in [-0.2, -0.15) is 0 Å². The van der Waals surface area contributed by atoms with Gasteiger partial charge in [-0.15, -0.1) is 11.3 Å². The molecule has 0 radical (unpaired) electrons. The third-order valence-electron chi connectivity index (χ3n) is 5.33. The van der Waals surface area contributed by atoms with Crippen LogP contribution in [0.4, 0.5) is 8.78 Å². The predicted molar refractivity (Wildman–Crippen MR) is 122 cm³/mol. The van der Waals surface area contributed by atoms with Gasteiger partial charge >= 0.3 is 11.9 Å². The maximum atomic E-state index is 13.6. The average Bonchev–Trinajstić information content (AvgIpc) is 3.15. The van der Waals surface area contributed by atoms with Crippen LogP contribution in [0.15, 0.2) is 58.9 Å². The van der Waals surface area contributed by atoms with Crippen molar-refractivity contribution in [2.75, 3.05) is 14.2 Å². The molecule has 0 saturated carbocycles. The summed E-state index contributed by atoms with van der Waals surface area (Å²) in [4.78, 5) is 39.0. The number of hydrogen-bond donors (Lipinski definition) is 1. The van der Waals surface area contributed by atoms with Gasteiger partial charge in [0.25, 0.3) is 5.56 Å². The number of ether oxygens (including phenoxy) is 2. The van der Waals surface area contributed by atoms with Crippen LogP contribution >= 0.6 is 11.3 Å². The monoisotopic (exact) mass is 484 g/mol. The van der Waals surface area contributed by atoms with E-state index in [-0.39, 0.29) is 26.2 Å². The Morgan fingerprint density at radius 1 is 0.941 bits per heavy atom. The van der Waals surface area contributed by atoms with E-state index >= 15 is 0 Å². The molecular formula is C24H18F2N2O5S. The number of rotatable bonds is 4. The highest BCUT2D eigenvalue weighted by atomic mass is 32.1. The summed E-state index contributed by atoms with van der Waals surface area (Å²) in [6.45, 7) is 0. The number of methoxy groups -OCH3 is 2. The molecule has 34 heavy (non-hydrogen) atoms. The fourth-order valence-electron chi connectivity index (χ4n) is 3.76. The van der Waals surface area contributed by atoms with Crippen molar-refractivity contribution in [1.29, 1.82) is 0 Å². The van der Waals surface area contributed by atoms with Crippen LogP contribution in [0.25, 0.3) is 17.5 Å². The maximum absolute atomic E-state index is 13.6. The molecule has 0 saturated heterocycles. The van der Waals surface area contributed by atoms with E-state index in [1.807, 2.05) is 0 Å². The number of nitrogens with zero attached hydrogens (tertiary/aromatic N) is 1. The van der Waals surface area contributed by atoms with Crippen LogP contribution in [0, 0.1) is 11.6 Å². The Kier molecular flexibility index (Phi) is 6.16. The van der Waals surface area contributed by atoms with E-state index in [4.69, 9.17) is 15.2 Å². The number of carbonyl (C=O) groups is 2. The van der Waals surface area contributed by atoms with Crippen LogP contribution in [0.2, 0.25) is 0 Å². The Morgan fingerprint density at radius 2 is 1.47 bits per heavy atom. The van der Waals surface area contributed by atoms with Gasteiger partial charge in [-0.3, -0.25) is 9.36 Å². The van der Waals surface area contributed by atoms with Crippen molar-refractivity contribution >= 4 is 40.7 Å². The van der Waals surface area contributed by atoms with E-state index in [0.29, 0.717) is 11.1 Å². The number of fused-ring (bicyclic) bond motifs is 1. The van der Waals surface area contributed by atoms with Crippen molar-refractivity contribution in [3.8, 4) is 0 Å². The minimum absolute atomic E-state index is 0.0236. The molecule has 1 aliphatic rings. The first kappa shape index (κ1) is 23.1. The summed E-state index contributed by atoms with van der Waals surface area (Å²) in [6, 6.07) is 10.7. The minimum atomic E-state index is -1.07. The lowest BCUT2D eigenvalue weighted by molar-refractivity contribution is -0.136. The van der Waals surface area contributed by atoms with Crippen molar-refractivity contribution in [2.45, 2.75) is 5.92 Å². The number of nitrogens with two attached hydrogens (primary N) is 1. The van der Waals surface area contributed by atoms with Crippen LogP contribution in [0.3, 0.4) is 0 Å². The van der Waals surface area contributed by atoms with Gasteiger partial charge in [0.05, 0.1) is 35.8 Å². The third-order valence-corrected chi connectivity index (χ3v) is 6.44. The first-order valence-corrected chi connectivity index (χ1v) is 10.7. The molecule has 1 unspecified atom stereocenters. The van der Waals surface area contributed by atoms with Gasteiger partial charge in [-0.1, -0.05) is 24.3 Å². The molecule has 1 atom stereocenters. The van der Waals surface area contributed by atoms with E-state index in [0.717, 1.165) is 30.1 Å². The van der Waals surface area contributed by atoms with E-state index in [1.54, 1.807) is 0 Å². The highest BCUT2D eigenvalue weighted by molar-refractivity contribution is 7.07. The van der Waals surface area contributed by atoms with E-state index in [1.165, 1.54) is 54.6 Å². The quantitative estimate of drug-likeness (QED) is 0.563. The molecule has 4 rings (SSSR count). The molecule has 1 aromatic heterocycles. The number of aromatic nitrogens is 1. The SMILES string of the molecule is COC(=O)C1=C(N)n2c(sc(=Cc3ccc(F)cc3)c2=O)=C(C(=O)OC)C1c1ccc(F)cc1. The number of esters is 2. The Balaban J connectivity index is 2.11. The lowest BCUT2D eigenvalue weighted by Gasteiger charge is -2.26. The van der Waals surface area contributed by atoms with Gasteiger partial charge in [0.2, 0.25) is 0 Å². The minimum Gasteiger partial charge on any atom is -0.466 e. The van der Waals surface area contributed by atoms with Crippen LogP contribution < -0.4 is 20.5 Å². The maximum Gasteiger partial charge on any atom is 0.338 e. The summed E-state index contributed by atoms with van der Waals surface area (Å²) >= 11 is 0.962. The molecule has 2 aromatic carbocycles. The van der Waals surface area contributed by atoms with Gasteiger partial charge in [0.15, 0.2) is 0 Å². The van der Waals surface area contributed by atoms with Crippen molar-refractivity contribution in [3.63, 3.8) is 0 Å². The molecule has 0 aliphatic carbocycles. The van der Waals surface area contributed by atoms with Gasteiger partial charge in [-0.05, 0) is 41.5 Å². The number of thiazole rings is 1. The van der Waals surface area contributed by atoms with E-state index < -0.39 is 35.1 Å². The molecule has 3 aromatic rings. The summed E-state index contributed by atoms with van der Waals surface area (Å²) in [5.41, 5.74) is 6.46. The normalized spacial score (nSPS) is 15.8. The second-order valence-corrected chi connectivity index (χ2v) is 8.32. The van der Waals surface area contributed by atoms with E-state index in [2.05, 4.69) is 0 Å². The molecule has 174 valence electrons. The highest BCUT2D eigenvalue weighted by Crippen LogP contribution is 2.37. The van der Waals surface area contributed by atoms with Crippen LogP contribution in [-0.4, -0.2) is 30.7 Å². The van der Waals surface area contributed by atoms with Crippen LogP contribution in [0.1, 0.15) is 17.0 Å². The summed E-state index contributed by atoms with van der Waals surface area (Å²) in [5, 5.41) is 0. The summed E-state index contributed by atoms with van der Waals surface area (Å²) in [7, 11) is 2.31. The largest absolute Gasteiger partial charge is 0.466 e. The first-order chi connectivity index (χ1) is 16.3. The summed E-state index contributed by atoms with van der Waals surface area (Å²) in [5.74, 6) is -3.90. The van der Waals surface area contributed by atoms with Crippen molar-refractivity contribution < 1.29 is 27.8 Å². The Bertz CT molecular complexity index is 1500. The molecule has 2 heterocycles. The van der Waals surface area contributed by atoms with Crippen molar-refractivity contribution in [2.24, 2.45) is 5.73 Å². The topological polar surface area (TPSA) is 101 Å². The third kappa shape index (κ3) is 3.92. The smallest absolute Gasteiger partial charge is 0.338 e. The molecule has 0 bridgehead atoms. The molecule has 10 heteroatoms. The molecule has 1 aliphatic heterocycles. The second-order valence-electron chi connectivity index (χ2n) is 7.29. The summed E-state index contributed by atoms with van der Waals surface area (Å²) in [6.07, 6.45) is 1.52. The van der Waals surface area contributed by atoms with Gasteiger partial charge < -0.3 is 15.2 Å². The fourth-order valence-corrected chi connectivity index (χ4v) is 4.93. The zero-order valence-corrected chi connectivity index (χ0v) is 18.8. The van der Waals surface area contributed by atoms with Crippen LogP contribution in [0.5, 0.6) is 0 Å². The Hall–Kier alpha value is -4.05. The van der Waals surface area contributed by atoms with Crippen molar-refractivity contribution in [3.05, 3.63) is 96.4 Å². The molecule has 0 amide bonds. The molecule has 0 spiro atoms. The average molecular weight is 484 g/mol. The first-order valence-electron chi connectivity index (χ1n) is 9.92.